The molecule has 0 saturated carbocycles. The Hall–Kier alpha value is -3.41. The van der Waals surface area contributed by atoms with Crippen molar-refractivity contribution in [3.8, 4) is 5.69 Å². The van der Waals surface area contributed by atoms with E-state index in [9.17, 15) is 0 Å². The van der Waals surface area contributed by atoms with Gasteiger partial charge in [0.15, 0.2) is 5.82 Å². The van der Waals surface area contributed by atoms with E-state index in [1.807, 2.05) is 47.3 Å². The summed E-state index contributed by atoms with van der Waals surface area (Å²) >= 11 is 0. The van der Waals surface area contributed by atoms with Crippen LogP contribution in [0.2, 0.25) is 0 Å². The Labute approximate surface area is 176 Å². The first-order valence-corrected chi connectivity index (χ1v) is 10.6. The highest BCUT2D eigenvalue weighted by Crippen LogP contribution is 2.41. The highest BCUT2D eigenvalue weighted by atomic mass is 16.5. The van der Waals surface area contributed by atoms with E-state index in [0.717, 1.165) is 35.7 Å². The average molecular weight is 399 g/mol. The van der Waals surface area contributed by atoms with Crippen molar-refractivity contribution in [1.29, 1.82) is 0 Å². The van der Waals surface area contributed by atoms with Gasteiger partial charge in [0.2, 0.25) is 0 Å². The predicted octanol–water partition coefficient (Wildman–Crippen LogP) is 4.88. The first kappa shape index (κ1) is 18.6. The SMILES string of the molecule is CCCOC1=Nc2c(cnn2-c2ccccc2)C2=N[C@@H](CC)C(c3ccccc3)N12. The molecule has 2 atom stereocenters. The van der Waals surface area contributed by atoms with E-state index in [1.165, 1.54) is 5.56 Å². The quantitative estimate of drug-likeness (QED) is 0.614. The second-order valence-corrected chi connectivity index (χ2v) is 7.53. The first-order valence-electron chi connectivity index (χ1n) is 10.6. The molecule has 152 valence electrons. The lowest BCUT2D eigenvalue weighted by atomic mass is 9.97. The smallest absolute Gasteiger partial charge is 0.300 e. The van der Waals surface area contributed by atoms with E-state index >= 15 is 0 Å². The van der Waals surface area contributed by atoms with Crippen LogP contribution in [-0.4, -0.2) is 39.2 Å². The summed E-state index contributed by atoms with van der Waals surface area (Å²) in [6, 6.07) is 21.4. The van der Waals surface area contributed by atoms with Crippen molar-refractivity contribution in [2.24, 2.45) is 9.98 Å². The van der Waals surface area contributed by atoms with Crippen LogP contribution >= 0.6 is 0 Å². The summed E-state index contributed by atoms with van der Waals surface area (Å²) in [5, 5.41) is 4.64. The van der Waals surface area contributed by atoms with E-state index in [1.54, 1.807) is 0 Å². The number of aliphatic imine (C=N–C) groups is 2. The number of ether oxygens (including phenoxy) is 1. The van der Waals surface area contributed by atoms with Gasteiger partial charge in [-0.05, 0) is 30.5 Å². The second kappa shape index (κ2) is 7.78. The van der Waals surface area contributed by atoms with Gasteiger partial charge in [0, 0.05) is 0 Å². The molecule has 0 saturated heterocycles. The monoisotopic (exact) mass is 399 g/mol. The molecule has 2 aromatic carbocycles. The van der Waals surface area contributed by atoms with Gasteiger partial charge in [-0.3, -0.25) is 9.89 Å². The van der Waals surface area contributed by atoms with Crippen LogP contribution in [0.3, 0.4) is 0 Å². The lowest BCUT2D eigenvalue weighted by molar-refractivity contribution is 0.241. The van der Waals surface area contributed by atoms with Crippen molar-refractivity contribution < 1.29 is 4.74 Å². The van der Waals surface area contributed by atoms with Crippen LogP contribution in [0.1, 0.15) is 43.9 Å². The normalized spacial score (nSPS) is 19.7. The number of hydrogen-bond donors (Lipinski definition) is 0. The molecule has 2 aliphatic rings. The van der Waals surface area contributed by atoms with Gasteiger partial charge in [-0.25, -0.2) is 4.68 Å². The van der Waals surface area contributed by atoms with Crippen LogP contribution in [-0.2, 0) is 4.74 Å². The minimum Gasteiger partial charge on any atom is -0.465 e. The summed E-state index contributed by atoms with van der Waals surface area (Å²) in [5.41, 5.74) is 3.13. The fourth-order valence-corrected chi connectivity index (χ4v) is 4.14. The first-order chi connectivity index (χ1) is 14.8. The highest BCUT2D eigenvalue weighted by molar-refractivity contribution is 6.14. The standard InChI is InChI=1S/C24H25N5O/c1-3-15-30-24-27-23-19(16-25-29(23)18-13-9-6-10-14-18)22-26-20(4-2)21(28(22)24)17-11-7-5-8-12-17/h5-14,16,20-21H,3-4,15H2,1-2H3/t20-,21?/m0/s1. The Morgan fingerprint density at radius 3 is 2.40 bits per heavy atom. The number of rotatable bonds is 5. The molecule has 0 amide bonds. The molecule has 30 heavy (non-hydrogen) atoms. The summed E-state index contributed by atoms with van der Waals surface area (Å²) in [6.45, 7) is 4.89. The Morgan fingerprint density at radius 2 is 1.70 bits per heavy atom. The molecule has 0 bridgehead atoms. The van der Waals surface area contributed by atoms with Crippen molar-refractivity contribution in [2.75, 3.05) is 6.61 Å². The number of benzene rings is 2. The molecule has 0 spiro atoms. The number of nitrogens with zero attached hydrogens (tertiary/aromatic N) is 5. The van der Waals surface area contributed by atoms with Crippen molar-refractivity contribution >= 4 is 17.7 Å². The predicted molar refractivity (Wildman–Crippen MR) is 119 cm³/mol. The molecular weight excluding hydrogens is 374 g/mol. The number of aromatic nitrogens is 2. The Balaban J connectivity index is 1.65. The lowest BCUT2D eigenvalue weighted by Gasteiger charge is -2.32. The summed E-state index contributed by atoms with van der Waals surface area (Å²) in [4.78, 5) is 12.2. The van der Waals surface area contributed by atoms with Gasteiger partial charge in [-0.1, -0.05) is 62.4 Å². The molecule has 3 heterocycles. The molecule has 1 aromatic heterocycles. The van der Waals surface area contributed by atoms with E-state index in [-0.39, 0.29) is 12.1 Å². The van der Waals surface area contributed by atoms with Gasteiger partial charge >= 0.3 is 6.02 Å². The van der Waals surface area contributed by atoms with E-state index in [4.69, 9.17) is 14.7 Å². The second-order valence-electron chi connectivity index (χ2n) is 7.53. The molecule has 6 heteroatoms. The maximum atomic E-state index is 6.16. The molecular formula is C24H25N5O. The summed E-state index contributed by atoms with van der Waals surface area (Å²) in [7, 11) is 0. The zero-order valence-electron chi connectivity index (χ0n) is 17.3. The Bertz CT molecular complexity index is 1090. The molecule has 6 nitrogen and oxygen atoms in total. The molecule has 3 aromatic rings. The zero-order valence-corrected chi connectivity index (χ0v) is 17.3. The summed E-state index contributed by atoms with van der Waals surface area (Å²) < 4.78 is 8.02. The molecule has 0 fully saturated rings. The number of para-hydroxylation sites is 1. The largest absolute Gasteiger partial charge is 0.465 e. The van der Waals surface area contributed by atoms with Gasteiger partial charge in [0.05, 0.1) is 36.1 Å². The van der Waals surface area contributed by atoms with Crippen molar-refractivity contribution in [3.05, 3.63) is 78.0 Å². The highest BCUT2D eigenvalue weighted by Gasteiger charge is 2.44. The van der Waals surface area contributed by atoms with Gasteiger partial charge in [0.1, 0.15) is 5.84 Å². The van der Waals surface area contributed by atoms with Crippen LogP contribution in [0.4, 0.5) is 5.82 Å². The number of hydrogen-bond acceptors (Lipinski definition) is 5. The maximum absolute atomic E-state index is 6.16. The van der Waals surface area contributed by atoms with E-state index in [2.05, 4.69) is 48.1 Å². The summed E-state index contributed by atoms with van der Waals surface area (Å²) in [5.74, 6) is 1.67. The van der Waals surface area contributed by atoms with E-state index in [0.29, 0.717) is 12.6 Å². The number of amidine groups is 2. The molecule has 0 aliphatic carbocycles. The van der Waals surface area contributed by atoms with Crippen LogP contribution in [0.15, 0.2) is 76.8 Å². The topological polar surface area (TPSA) is 55.0 Å². The molecule has 0 N–H and O–H groups in total. The minimum atomic E-state index is 0.0648. The van der Waals surface area contributed by atoms with E-state index < -0.39 is 0 Å². The zero-order chi connectivity index (χ0) is 20.5. The van der Waals surface area contributed by atoms with Gasteiger partial charge in [0.25, 0.3) is 0 Å². The van der Waals surface area contributed by atoms with Crippen molar-refractivity contribution in [2.45, 2.75) is 38.8 Å². The average Bonchev–Trinajstić information content (AvgIpc) is 3.40. The minimum absolute atomic E-state index is 0.0648. The molecule has 0 radical (unpaired) electrons. The molecule has 1 unspecified atom stereocenters. The fourth-order valence-electron chi connectivity index (χ4n) is 4.14. The van der Waals surface area contributed by atoms with Gasteiger partial charge < -0.3 is 4.74 Å². The lowest BCUT2D eigenvalue weighted by Crippen LogP contribution is -2.42. The third-order valence-corrected chi connectivity index (χ3v) is 5.55. The Morgan fingerprint density at radius 1 is 0.967 bits per heavy atom. The molecule has 5 rings (SSSR count). The third-order valence-electron chi connectivity index (χ3n) is 5.55. The Kier molecular flexibility index (Phi) is 4.83. The maximum Gasteiger partial charge on any atom is 0.300 e. The van der Waals surface area contributed by atoms with Gasteiger partial charge in [-0.15, -0.1) is 0 Å². The fraction of sp³-hybridized carbons (Fsp3) is 0.292. The van der Waals surface area contributed by atoms with Crippen molar-refractivity contribution in [3.63, 3.8) is 0 Å². The third kappa shape index (κ3) is 3.00. The van der Waals surface area contributed by atoms with Crippen LogP contribution in [0.25, 0.3) is 5.69 Å². The van der Waals surface area contributed by atoms with Gasteiger partial charge in [-0.2, -0.15) is 10.1 Å². The van der Waals surface area contributed by atoms with Crippen LogP contribution in [0.5, 0.6) is 0 Å². The summed E-state index contributed by atoms with van der Waals surface area (Å²) in [6.07, 6.45) is 3.72. The molecule has 2 aliphatic heterocycles. The van der Waals surface area contributed by atoms with Crippen molar-refractivity contribution in [1.82, 2.24) is 14.7 Å². The van der Waals surface area contributed by atoms with Crippen LogP contribution in [0, 0.1) is 0 Å². The van der Waals surface area contributed by atoms with Crippen LogP contribution < -0.4 is 0 Å². The number of fused-ring (bicyclic) bond motifs is 3.